The minimum atomic E-state index is -0.619. The predicted molar refractivity (Wildman–Crippen MR) is 159 cm³/mol. The van der Waals surface area contributed by atoms with Crippen LogP contribution < -0.4 is 9.64 Å². The van der Waals surface area contributed by atoms with Crippen molar-refractivity contribution in [2.75, 3.05) is 44.2 Å². The van der Waals surface area contributed by atoms with Gasteiger partial charge in [0.2, 0.25) is 0 Å². The number of aromatic nitrogens is 1. The van der Waals surface area contributed by atoms with E-state index in [9.17, 15) is 9.90 Å². The molecule has 39 heavy (non-hydrogen) atoms. The van der Waals surface area contributed by atoms with E-state index in [4.69, 9.17) is 16.3 Å². The lowest BCUT2D eigenvalue weighted by Crippen LogP contribution is -2.49. The summed E-state index contributed by atoms with van der Waals surface area (Å²) in [7, 11) is 0. The van der Waals surface area contributed by atoms with E-state index in [0.29, 0.717) is 17.9 Å². The maximum absolute atomic E-state index is 12.6. The number of rotatable bonds is 8. The molecule has 1 unspecified atom stereocenters. The van der Waals surface area contributed by atoms with Gasteiger partial charge in [-0.15, -0.1) is 0 Å². The highest BCUT2D eigenvalue weighted by Crippen LogP contribution is 2.32. The molecule has 6 nitrogen and oxygen atoms in total. The minimum Gasteiger partial charge on any atom is -0.491 e. The molecule has 5 rings (SSSR count). The monoisotopic (exact) mass is 545 g/mol. The Balaban J connectivity index is 1.23. The van der Waals surface area contributed by atoms with Crippen LogP contribution in [-0.2, 0) is 0 Å². The molecular weight excluding hydrogens is 510 g/mol. The van der Waals surface area contributed by atoms with Crippen molar-refractivity contribution in [3.63, 3.8) is 0 Å². The molecule has 1 saturated heterocycles. The van der Waals surface area contributed by atoms with Crippen molar-refractivity contribution in [2.24, 2.45) is 0 Å². The summed E-state index contributed by atoms with van der Waals surface area (Å²) < 4.78 is 8.14. The van der Waals surface area contributed by atoms with Gasteiger partial charge >= 0.3 is 0 Å². The summed E-state index contributed by atoms with van der Waals surface area (Å²) in [4.78, 5) is 17.2. The van der Waals surface area contributed by atoms with E-state index in [1.54, 1.807) is 6.92 Å². The normalized spacial score (nSPS) is 15.1. The quantitative estimate of drug-likeness (QED) is 0.276. The average molecular weight is 546 g/mol. The highest BCUT2D eigenvalue weighted by Gasteiger charge is 2.22. The second-order valence-electron chi connectivity index (χ2n) is 10.5. The van der Waals surface area contributed by atoms with Gasteiger partial charge in [0.15, 0.2) is 5.78 Å². The molecule has 1 aliphatic rings. The van der Waals surface area contributed by atoms with Gasteiger partial charge < -0.3 is 19.3 Å². The predicted octanol–water partition coefficient (Wildman–Crippen LogP) is 5.97. The smallest absolute Gasteiger partial charge is 0.162 e. The molecule has 0 aliphatic carbocycles. The van der Waals surface area contributed by atoms with E-state index in [2.05, 4.69) is 58.5 Å². The number of halogens is 1. The molecule has 204 valence electrons. The lowest BCUT2D eigenvalue weighted by atomic mass is 10.1. The van der Waals surface area contributed by atoms with Gasteiger partial charge in [0, 0.05) is 65.8 Å². The lowest BCUT2D eigenvalue weighted by molar-refractivity contribution is 0.0663. The zero-order valence-corrected chi connectivity index (χ0v) is 23.8. The molecule has 0 radical (unpaired) electrons. The summed E-state index contributed by atoms with van der Waals surface area (Å²) >= 11 is 6.22. The molecule has 0 spiro atoms. The van der Waals surface area contributed by atoms with Gasteiger partial charge in [0.05, 0.1) is 5.52 Å². The number of hydrogen-bond acceptors (Lipinski definition) is 5. The number of carbonyl (C=O) groups excluding carboxylic acids is 1. The zero-order chi connectivity index (χ0) is 27.7. The molecule has 1 fully saturated rings. The van der Waals surface area contributed by atoms with E-state index >= 15 is 0 Å². The fourth-order valence-electron chi connectivity index (χ4n) is 5.60. The van der Waals surface area contributed by atoms with Crippen LogP contribution in [0.4, 0.5) is 5.69 Å². The largest absolute Gasteiger partial charge is 0.491 e. The molecule has 0 amide bonds. The van der Waals surface area contributed by atoms with Crippen molar-refractivity contribution < 1.29 is 14.6 Å². The first-order valence-electron chi connectivity index (χ1n) is 13.5. The van der Waals surface area contributed by atoms with Crippen LogP contribution in [-0.4, -0.2) is 65.8 Å². The van der Waals surface area contributed by atoms with Gasteiger partial charge in [-0.25, -0.2) is 0 Å². The highest BCUT2D eigenvalue weighted by atomic mass is 35.5. The number of fused-ring (bicyclic) bond motifs is 1. The molecular formula is C32H36ClN3O3. The Bertz CT molecular complexity index is 1490. The first-order valence-corrected chi connectivity index (χ1v) is 13.9. The van der Waals surface area contributed by atoms with E-state index in [-0.39, 0.29) is 12.4 Å². The number of Topliss-reactive ketones (excluding diaryl/α,β-unsaturated/α-hetero) is 1. The molecule has 1 N–H and O–H groups in total. The molecule has 4 aromatic rings. The number of hydrogen-bond donors (Lipinski definition) is 1. The number of nitrogens with zero attached hydrogens (tertiary/aromatic N) is 3. The molecule has 0 bridgehead atoms. The Morgan fingerprint density at radius 2 is 1.69 bits per heavy atom. The Morgan fingerprint density at radius 3 is 2.38 bits per heavy atom. The third-order valence-corrected chi connectivity index (χ3v) is 7.85. The molecule has 3 aromatic carbocycles. The third kappa shape index (κ3) is 5.83. The standard InChI is InChI=1S/C32H36ClN3O3/c1-21-5-9-26(10-6-21)36-23(3)32(24(4)37)29-18-28(11-12-30(29)36)39-20-27(38)19-34-13-15-35(16-14-34)31-17-25(33)8-7-22(31)2/h5-12,17-18,27,38H,13-16,19-20H2,1-4H3. The number of aliphatic hydroxyl groups excluding tert-OH is 1. The van der Waals surface area contributed by atoms with Crippen LogP contribution in [0, 0.1) is 20.8 Å². The number of benzene rings is 3. The number of aryl methyl sites for hydroxylation is 2. The SMILES string of the molecule is CC(=O)c1c(C)n(-c2ccc(C)cc2)c2ccc(OCC(O)CN3CCN(c4cc(Cl)ccc4C)CC3)cc12. The molecule has 1 aromatic heterocycles. The molecule has 2 heterocycles. The van der Waals surface area contributed by atoms with E-state index in [0.717, 1.165) is 53.5 Å². The van der Waals surface area contributed by atoms with Crippen molar-refractivity contribution >= 4 is 34.0 Å². The first kappa shape index (κ1) is 27.3. The summed E-state index contributed by atoms with van der Waals surface area (Å²) in [6.45, 7) is 12.0. The third-order valence-electron chi connectivity index (χ3n) is 7.62. The maximum Gasteiger partial charge on any atom is 0.162 e. The number of ketones is 1. The van der Waals surface area contributed by atoms with Crippen LogP contribution in [0.25, 0.3) is 16.6 Å². The van der Waals surface area contributed by atoms with Crippen molar-refractivity contribution in [2.45, 2.75) is 33.8 Å². The Kier molecular flexibility index (Phi) is 7.98. The summed E-state index contributed by atoms with van der Waals surface area (Å²) in [5.41, 5.74) is 7.17. The Labute approximate surface area is 235 Å². The van der Waals surface area contributed by atoms with Crippen molar-refractivity contribution in [3.05, 3.63) is 88.1 Å². The summed E-state index contributed by atoms with van der Waals surface area (Å²) in [5.74, 6) is 0.666. The highest BCUT2D eigenvalue weighted by molar-refractivity contribution is 6.30. The number of β-amino-alcohol motifs (C(OH)–C–C–N with tert-alkyl or cyclic N) is 1. The van der Waals surface area contributed by atoms with E-state index < -0.39 is 6.10 Å². The molecule has 0 saturated carbocycles. The number of aliphatic hydroxyl groups is 1. The summed E-state index contributed by atoms with van der Waals surface area (Å²) in [6, 6.07) is 20.1. The van der Waals surface area contributed by atoms with Crippen molar-refractivity contribution in [3.8, 4) is 11.4 Å². The van der Waals surface area contributed by atoms with Gasteiger partial charge in [0.25, 0.3) is 0 Å². The van der Waals surface area contributed by atoms with Crippen LogP contribution in [0.1, 0.15) is 34.1 Å². The minimum absolute atomic E-state index is 0.0210. The van der Waals surface area contributed by atoms with Gasteiger partial charge in [-0.05, 0) is 75.7 Å². The van der Waals surface area contributed by atoms with Crippen LogP contribution in [0.2, 0.25) is 5.02 Å². The summed E-state index contributed by atoms with van der Waals surface area (Å²) in [5, 5.41) is 12.4. The van der Waals surface area contributed by atoms with Gasteiger partial charge in [-0.2, -0.15) is 0 Å². The molecule has 7 heteroatoms. The number of anilines is 1. The Morgan fingerprint density at radius 1 is 0.974 bits per heavy atom. The van der Waals surface area contributed by atoms with Crippen LogP contribution >= 0.6 is 11.6 Å². The fraction of sp³-hybridized carbons (Fsp3) is 0.344. The van der Waals surface area contributed by atoms with Crippen LogP contribution in [0.5, 0.6) is 5.75 Å². The van der Waals surface area contributed by atoms with E-state index in [1.807, 2.05) is 37.3 Å². The maximum atomic E-state index is 12.6. The van der Waals surface area contributed by atoms with Crippen molar-refractivity contribution in [1.29, 1.82) is 0 Å². The van der Waals surface area contributed by atoms with Gasteiger partial charge in [0.1, 0.15) is 18.5 Å². The second kappa shape index (κ2) is 11.4. The zero-order valence-electron chi connectivity index (χ0n) is 23.1. The molecule has 1 atom stereocenters. The fourth-order valence-corrected chi connectivity index (χ4v) is 5.76. The number of carbonyl (C=O) groups is 1. The van der Waals surface area contributed by atoms with Crippen LogP contribution in [0.15, 0.2) is 60.7 Å². The number of ether oxygens (including phenoxy) is 1. The summed E-state index contributed by atoms with van der Waals surface area (Å²) in [6.07, 6.45) is -0.619. The first-order chi connectivity index (χ1) is 18.7. The van der Waals surface area contributed by atoms with Crippen LogP contribution in [0.3, 0.4) is 0 Å². The number of piperazine rings is 1. The molecule has 1 aliphatic heterocycles. The van der Waals surface area contributed by atoms with Crippen molar-refractivity contribution in [1.82, 2.24) is 9.47 Å². The van der Waals surface area contributed by atoms with E-state index in [1.165, 1.54) is 16.8 Å². The Hall–Kier alpha value is -3.32. The topological polar surface area (TPSA) is 57.9 Å². The lowest BCUT2D eigenvalue weighted by Gasteiger charge is -2.37. The average Bonchev–Trinajstić information content (AvgIpc) is 3.21. The second-order valence-corrected chi connectivity index (χ2v) is 11.0. The van der Waals surface area contributed by atoms with Gasteiger partial charge in [-0.1, -0.05) is 35.4 Å². The van der Waals surface area contributed by atoms with Gasteiger partial charge in [-0.3, -0.25) is 9.69 Å².